The zero-order valence-corrected chi connectivity index (χ0v) is 36.3. The fourth-order valence-electron chi connectivity index (χ4n) is 7.93. The van der Waals surface area contributed by atoms with E-state index in [4.69, 9.17) is 0 Å². The van der Waals surface area contributed by atoms with Crippen LogP contribution in [0.2, 0.25) is 0 Å². The molecule has 1 heterocycles. The molecule has 0 radical (unpaired) electrons. The molecule has 0 bridgehead atoms. The van der Waals surface area contributed by atoms with Crippen molar-refractivity contribution in [2.45, 2.75) is 129 Å². The molecule has 7 amide bonds. The van der Waals surface area contributed by atoms with E-state index in [2.05, 4.69) is 41.9 Å². The lowest BCUT2D eigenvalue weighted by Gasteiger charge is -2.37. The maximum absolute atomic E-state index is 14.1. The van der Waals surface area contributed by atoms with Gasteiger partial charge < -0.3 is 36.8 Å². The van der Waals surface area contributed by atoms with E-state index in [-0.39, 0.29) is 23.9 Å². The predicted octanol–water partition coefficient (Wildman–Crippen LogP) is 2.28. The lowest BCUT2D eigenvalue weighted by molar-refractivity contribution is -0.141. The molecule has 4 rings (SSSR count). The minimum atomic E-state index is -1.19. The molecule has 0 spiro atoms. The number of likely N-dealkylation sites (N-methyl/N-ethyl adjacent to an activating group) is 1. The fraction of sp³-hybridized carbons (Fsp3) is 0.591. The highest BCUT2D eigenvalue weighted by atomic mass is 16.2. The number of amides is 7. The van der Waals surface area contributed by atoms with Crippen LogP contribution in [0.15, 0.2) is 48.9 Å². The summed E-state index contributed by atoms with van der Waals surface area (Å²) in [4.78, 5) is 117. The normalized spacial score (nSPS) is 18.8. The third-order valence-electron chi connectivity index (χ3n) is 11.3. The number of hydrogen-bond acceptors (Lipinski definition) is 10. The minimum Gasteiger partial charge on any atom is -0.351 e. The summed E-state index contributed by atoms with van der Waals surface area (Å²) < 4.78 is 0. The molecule has 2 aliphatic carbocycles. The molecule has 6 N–H and O–H groups in total. The van der Waals surface area contributed by atoms with E-state index < -0.39 is 89.3 Å². The third kappa shape index (κ3) is 13.9. The average Bonchev–Trinajstić information content (AvgIpc) is 3.25. The highest BCUT2D eigenvalue weighted by Gasteiger charge is 2.41. The Hall–Kier alpha value is -5.74. The average molecular weight is 846 g/mol. The third-order valence-corrected chi connectivity index (χ3v) is 11.3. The molecular weight excluding hydrogens is 783 g/mol. The van der Waals surface area contributed by atoms with E-state index >= 15 is 0 Å². The van der Waals surface area contributed by atoms with Crippen LogP contribution < -0.4 is 31.9 Å². The van der Waals surface area contributed by atoms with Gasteiger partial charge >= 0.3 is 0 Å². The van der Waals surface area contributed by atoms with Crippen molar-refractivity contribution in [1.82, 2.24) is 46.8 Å². The smallest absolute Gasteiger partial charge is 0.290 e. The van der Waals surface area contributed by atoms with Gasteiger partial charge in [0.25, 0.3) is 11.8 Å². The Bertz CT molecular complexity index is 1850. The number of aromatic nitrogens is 2. The molecule has 2 aliphatic rings. The summed E-state index contributed by atoms with van der Waals surface area (Å²) in [7, 11) is 3.11. The number of nitrogens with zero attached hydrogens (tertiary/aromatic N) is 3. The summed E-state index contributed by atoms with van der Waals surface area (Å²) in [6.07, 6.45) is 11.4. The number of carbonyl (C=O) groups is 8. The van der Waals surface area contributed by atoms with Crippen LogP contribution in [0, 0.1) is 17.3 Å². The van der Waals surface area contributed by atoms with Crippen LogP contribution >= 0.6 is 0 Å². The van der Waals surface area contributed by atoms with Crippen molar-refractivity contribution >= 4 is 47.1 Å². The molecule has 17 heteroatoms. The Labute approximate surface area is 358 Å². The second kappa shape index (κ2) is 22.7. The first-order chi connectivity index (χ1) is 29.0. The molecule has 2 saturated carbocycles. The molecule has 2 fully saturated rings. The zero-order valence-electron chi connectivity index (χ0n) is 36.3. The van der Waals surface area contributed by atoms with Gasteiger partial charge in [-0.25, -0.2) is 4.98 Å². The van der Waals surface area contributed by atoms with Crippen LogP contribution in [0.4, 0.5) is 0 Å². The molecule has 1 unspecified atom stereocenters. The number of nitrogens with one attached hydrogen (secondary N) is 6. The van der Waals surface area contributed by atoms with Gasteiger partial charge in [0.2, 0.25) is 35.3 Å². The monoisotopic (exact) mass is 845 g/mol. The molecule has 61 heavy (non-hydrogen) atoms. The Kier molecular flexibility index (Phi) is 17.9. The number of hydrogen-bond donors (Lipinski definition) is 6. The van der Waals surface area contributed by atoms with Gasteiger partial charge in [0.15, 0.2) is 0 Å². The van der Waals surface area contributed by atoms with Gasteiger partial charge in [-0.1, -0.05) is 96.6 Å². The highest BCUT2D eigenvalue weighted by molar-refractivity contribution is 6.38. The topological polar surface area (TPSA) is 238 Å². The van der Waals surface area contributed by atoms with Crippen molar-refractivity contribution in [2.24, 2.45) is 17.3 Å². The summed E-state index contributed by atoms with van der Waals surface area (Å²) in [5.74, 6) is -5.99. The minimum absolute atomic E-state index is 0.0702. The summed E-state index contributed by atoms with van der Waals surface area (Å²) in [5.41, 5.74) is -0.158. The number of Topliss-reactive ketones (excluding diaryl/α,β-unsaturated/α-hetero) is 1. The van der Waals surface area contributed by atoms with Gasteiger partial charge in [-0.15, -0.1) is 0 Å². The Morgan fingerprint density at radius 2 is 1.48 bits per heavy atom. The number of rotatable bonds is 18. The summed E-state index contributed by atoms with van der Waals surface area (Å²) in [6, 6.07) is 3.82. The van der Waals surface area contributed by atoms with Crippen molar-refractivity contribution in [2.75, 3.05) is 20.6 Å². The van der Waals surface area contributed by atoms with Crippen molar-refractivity contribution in [3.63, 3.8) is 0 Å². The zero-order chi connectivity index (χ0) is 44.7. The second-order valence-electron chi connectivity index (χ2n) is 17.3. The Morgan fingerprint density at radius 3 is 2.10 bits per heavy atom. The van der Waals surface area contributed by atoms with E-state index in [1.165, 1.54) is 23.5 Å². The predicted molar refractivity (Wildman–Crippen MR) is 226 cm³/mol. The van der Waals surface area contributed by atoms with Crippen molar-refractivity contribution in [3.05, 3.63) is 60.2 Å². The highest BCUT2D eigenvalue weighted by Crippen LogP contribution is 2.29. The molecule has 1 aromatic heterocycles. The van der Waals surface area contributed by atoms with Crippen LogP contribution in [0.5, 0.6) is 0 Å². The molecule has 6 atom stereocenters. The Morgan fingerprint density at radius 1 is 0.803 bits per heavy atom. The van der Waals surface area contributed by atoms with Gasteiger partial charge in [0.05, 0.1) is 24.7 Å². The second-order valence-corrected chi connectivity index (χ2v) is 17.3. The van der Waals surface area contributed by atoms with E-state index in [9.17, 15) is 38.4 Å². The first-order valence-electron chi connectivity index (χ1n) is 21.4. The van der Waals surface area contributed by atoms with Crippen LogP contribution in [0.1, 0.15) is 120 Å². The van der Waals surface area contributed by atoms with Crippen molar-refractivity contribution in [3.8, 4) is 0 Å². The SMILES string of the molecule is CCC[C@H](NC(=O)[C@@H]1CCCC[C@@H]1NC(=O)C(NC(=O)[C@@H](NC(=O)c1cnccn1)C1CCCCC1)C(C)(C)C)C(=O)C(=O)NCC(=O)N[C@H](C(=O)N(C)C)c1ccccc1. The van der Waals surface area contributed by atoms with Crippen molar-refractivity contribution < 1.29 is 38.4 Å². The number of benzene rings is 1. The van der Waals surface area contributed by atoms with E-state index in [1.807, 2.05) is 20.8 Å². The maximum atomic E-state index is 14.1. The van der Waals surface area contributed by atoms with E-state index in [0.717, 1.165) is 38.5 Å². The van der Waals surface area contributed by atoms with Crippen molar-refractivity contribution in [1.29, 1.82) is 0 Å². The molecule has 17 nitrogen and oxygen atoms in total. The molecule has 2 aromatic rings. The standard InChI is InChI=1S/C44H63N9O8/c1-7-16-31(36(55)41(59)47-26-33(54)50-35(43(61)53(5)6)28-19-12-9-13-20-28)49-38(56)29-21-14-15-22-30(29)48-42(60)37(44(2,3)4)52-40(58)34(27-17-10-8-11-18-27)51-39(57)32-25-45-23-24-46-32/h9,12-13,19-20,23-25,27,29-31,34-35,37H,7-8,10-11,14-18,21-22,26H2,1-6H3,(H,47,59)(H,48,60)(H,49,56)(H,50,54)(H,51,57)(H,52,58)/t29-,30+,31+,34+,35+,37?/m1/s1. The van der Waals surface area contributed by atoms with Crippen LogP contribution in [0.3, 0.4) is 0 Å². The van der Waals surface area contributed by atoms with E-state index in [0.29, 0.717) is 31.2 Å². The first-order valence-corrected chi connectivity index (χ1v) is 21.4. The molecular formula is C44H63N9O8. The van der Waals surface area contributed by atoms with Gasteiger partial charge in [0.1, 0.15) is 23.8 Å². The fourth-order valence-corrected chi connectivity index (χ4v) is 7.93. The van der Waals surface area contributed by atoms with Gasteiger partial charge in [-0.2, -0.15) is 0 Å². The summed E-state index contributed by atoms with van der Waals surface area (Å²) >= 11 is 0. The van der Waals surface area contributed by atoms with Gasteiger partial charge in [-0.05, 0) is 49.0 Å². The molecule has 1 aromatic carbocycles. The van der Waals surface area contributed by atoms with E-state index in [1.54, 1.807) is 51.4 Å². The summed E-state index contributed by atoms with van der Waals surface area (Å²) in [5, 5.41) is 16.5. The van der Waals surface area contributed by atoms with Crippen LogP contribution in [-0.4, -0.2) is 107 Å². The lowest BCUT2D eigenvalue weighted by atomic mass is 9.81. The van der Waals surface area contributed by atoms with Crippen LogP contribution in [0.25, 0.3) is 0 Å². The largest absolute Gasteiger partial charge is 0.351 e. The number of ketones is 1. The number of carbonyl (C=O) groups excluding carboxylic acids is 8. The first kappa shape index (κ1) is 47.9. The lowest BCUT2D eigenvalue weighted by Crippen LogP contribution is -2.61. The molecule has 332 valence electrons. The molecule has 0 saturated heterocycles. The quantitative estimate of drug-likeness (QED) is 0.120. The summed E-state index contributed by atoms with van der Waals surface area (Å²) in [6.45, 7) is 6.66. The molecule has 0 aliphatic heterocycles. The maximum Gasteiger partial charge on any atom is 0.290 e. The Balaban J connectivity index is 1.41. The van der Waals surface area contributed by atoms with Gasteiger partial charge in [-0.3, -0.25) is 43.3 Å². The van der Waals surface area contributed by atoms with Crippen LogP contribution in [-0.2, 0) is 33.6 Å². The van der Waals surface area contributed by atoms with Gasteiger partial charge in [0, 0.05) is 32.5 Å².